The summed E-state index contributed by atoms with van der Waals surface area (Å²) in [6.45, 7) is 9.23. The maximum atomic E-state index is 10.2. The molecule has 0 bridgehead atoms. The molecular weight excluding hydrogens is 196 g/mol. The van der Waals surface area contributed by atoms with Crippen molar-refractivity contribution in [1.82, 2.24) is 0 Å². The molecule has 1 N–H and O–H groups in total. The van der Waals surface area contributed by atoms with Crippen molar-refractivity contribution in [2.45, 2.75) is 53.1 Å². The van der Waals surface area contributed by atoms with Gasteiger partial charge in [-0.25, -0.2) is 0 Å². The van der Waals surface area contributed by atoms with Gasteiger partial charge in [0.05, 0.1) is 6.10 Å². The maximum absolute atomic E-state index is 10.2. The molecule has 0 saturated heterocycles. The van der Waals surface area contributed by atoms with Crippen LogP contribution >= 0.6 is 0 Å². The molecule has 0 aromatic rings. The van der Waals surface area contributed by atoms with Gasteiger partial charge in [-0.3, -0.25) is 0 Å². The molecule has 0 spiro atoms. The summed E-state index contributed by atoms with van der Waals surface area (Å²) in [6, 6.07) is 0. The van der Waals surface area contributed by atoms with E-state index in [-0.39, 0.29) is 6.10 Å². The van der Waals surface area contributed by atoms with Crippen molar-refractivity contribution in [2.75, 3.05) is 0 Å². The Hall–Kier alpha value is -0.300. The van der Waals surface area contributed by atoms with Crippen LogP contribution in [-0.2, 0) is 0 Å². The zero-order valence-corrected chi connectivity index (χ0v) is 11.1. The van der Waals surface area contributed by atoms with Crippen LogP contribution in [-0.4, -0.2) is 11.2 Å². The van der Waals surface area contributed by atoms with Crippen molar-refractivity contribution < 1.29 is 5.11 Å². The number of allylic oxidation sites excluding steroid dienone is 2. The normalized spacial score (nSPS) is 49.2. The zero-order chi connectivity index (χ0) is 11.9. The van der Waals surface area contributed by atoms with Gasteiger partial charge in [0.1, 0.15) is 0 Å². The van der Waals surface area contributed by atoms with Crippen LogP contribution < -0.4 is 0 Å². The first-order chi connectivity index (χ1) is 7.42. The van der Waals surface area contributed by atoms with Crippen LogP contribution in [0.5, 0.6) is 0 Å². The van der Waals surface area contributed by atoms with Crippen molar-refractivity contribution in [2.24, 2.45) is 29.1 Å². The van der Waals surface area contributed by atoms with Gasteiger partial charge in [0.2, 0.25) is 0 Å². The van der Waals surface area contributed by atoms with E-state index in [1.807, 2.05) is 0 Å². The van der Waals surface area contributed by atoms with Gasteiger partial charge in [-0.05, 0) is 48.3 Å². The van der Waals surface area contributed by atoms with Gasteiger partial charge >= 0.3 is 0 Å². The molecule has 0 heterocycles. The number of aliphatic hydroxyl groups is 1. The standard InChI is InChI=1S/C15H26O/c1-10-6-5-7-11(2)14(16)8-13-12(10)9-15(13,3)4/h5-6,10-14,16H,7-9H2,1-4H3/b6-5+/t10?,11?,12?,13?,14-/m1/s1. The summed E-state index contributed by atoms with van der Waals surface area (Å²) in [7, 11) is 0. The Balaban J connectivity index is 2.16. The molecule has 0 aromatic carbocycles. The van der Waals surface area contributed by atoms with Gasteiger partial charge in [-0.1, -0.05) is 39.8 Å². The van der Waals surface area contributed by atoms with Crippen LogP contribution in [0, 0.1) is 29.1 Å². The Kier molecular flexibility index (Phi) is 3.18. The zero-order valence-electron chi connectivity index (χ0n) is 11.1. The minimum atomic E-state index is -0.109. The fourth-order valence-electron chi connectivity index (χ4n) is 3.67. The third-order valence-electron chi connectivity index (χ3n) is 5.06. The van der Waals surface area contributed by atoms with Crippen LogP contribution in [0.1, 0.15) is 47.0 Å². The molecule has 2 rings (SSSR count). The molecular formula is C15H26O. The smallest absolute Gasteiger partial charge is 0.0571 e. The number of aliphatic hydroxyl groups excluding tert-OH is 1. The lowest BCUT2D eigenvalue weighted by Gasteiger charge is -2.54. The largest absolute Gasteiger partial charge is 0.393 e. The SMILES string of the molecule is CC1/C=C/CC(C)[C@H](O)CC2C1CC2(C)C. The van der Waals surface area contributed by atoms with Crippen molar-refractivity contribution in [3.63, 3.8) is 0 Å². The van der Waals surface area contributed by atoms with Crippen molar-refractivity contribution in [1.29, 1.82) is 0 Å². The lowest BCUT2D eigenvalue weighted by atomic mass is 9.51. The van der Waals surface area contributed by atoms with E-state index in [1.54, 1.807) is 0 Å². The second-order valence-electron chi connectivity index (χ2n) is 6.77. The predicted octanol–water partition coefficient (Wildman–Crippen LogP) is 3.63. The van der Waals surface area contributed by atoms with Gasteiger partial charge in [0.15, 0.2) is 0 Å². The third-order valence-corrected chi connectivity index (χ3v) is 5.06. The lowest BCUT2D eigenvalue weighted by molar-refractivity contribution is -0.0665. The number of hydrogen-bond acceptors (Lipinski definition) is 1. The Morgan fingerprint density at radius 2 is 1.94 bits per heavy atom. The molecule has 0 amide bonds. The summed E-state index contributed by atoms with van der Waals surface area (Å²) in [4.78, 5) is 0. The second-order valence-corrected chi connectivity index (χ2v) is 6.77. The highest BCUT2D eigenvalue weighted by Crippen LogP contribution is 2.56. The minimum Gasteiger partial charge on any atom is -0.393 e. The quantitative estimate of drug-likeness (QED) is 0.620. The van der Waals surface area contributed by atoms with E-state index in [0.29, 0.717) is 23.2 Å². The first-order valence-electron chi connectivity index (χ1n) is 6.76. The van der Waals surface area contributed by atoms with Crippen molar-refractivity contribution >= 4 is 0 Å². The van der Waals surface area contributed by atoms with Crippen molar-refractivity contribution in [3.8, 4) is 0 Å². The highest BCUT2D eigenvalue weighted by atomic mass is 16.3. The summed E-state index contributed by atoms with van der Waals surface area (Å²) in [5.41, 5.74) is 0.442. The molecule has 0 aromatic heterocycles. The lowest BCUT2D eigenvalue weighted by Crippen LogP contribution is -2.48. The minimum absolute atomic E-state index is 0.109. The van der Waals surface area contributed by atoms with Gasteiger partial charge in [-0.2, -0.15) is 0 Å². The van der Waals surface area contributed by atoms with E-state index in [0.717, 1.165) is 18.8 Å². The first-order valence-corrected chi connectivity index (χ1v) is 6.76. The molecule has 2 aliphatic rings. The van der Waals surface area contributed by atoms with Gasteiger partial charge in [-0.15, -0.1) is 0 Å². The fourth-order valence-corrected chi connectivity index (χ4v) is 3.67. The molecule has 1 saturated carbocycles. The average molecular weight is 222 g/mol. The van der Waals surface area contributed by atoms with E-state index >= 15 is 0 Å². The summed E-state index contributed by atoms with van der Waals surface area (Å²) in [5, 5.41) is 10.2. The molecule has 0 aliphatic heterocycles. The summed E-state index contributed by atoms with van der Waals surface area (Å²) in [6.07, 6.45) is 7.91. The van der Waals surface area contributed by atoms with Crippen LogP contribution in [0.15, 0.2) is 12.2 Å². The van der Waals surface area contributed by atoms with E-state index in [9.17, 15) is 5.11 Å². The molecule has 1 heteroatoms. The van der Waals surface area contributed by atoms with E-state index < -0.39 is 0 Å². The Morgan fingerprint density at radius 3 is 2.56 bits per heavy atom. The van der Waals surface area contributed by atoms with Crippen LogP contribution in [0.4, 0.5) is 0 Å². The Morgan fingerprint density at radius 1 is 1.25 bits per heavy atom. The second kappa shape index (κ2) is 4.18. The number of rotatable bonds is 0. The van der Waals surface area contributed by atoms with Gasteiger partial charge < -0.3 is 5.11 Å². The molecule has 4 unspecified atom stereocenters. The van der Waals surface area contributed by atoms with E-state index in [2.05, 4.69) is 39.8 Å². The molecule has 92 valence electrons. The maximum Gasteiger partial charge on any atom is 0.0571 e. The summed E-state index contributed by atoms with van der Waals surface area (Å²) in [5.74, 6) is 2.61. The fraction of sp³-hybridized carbons (Fsp3) is 0.867. The topological polar surface area (TPSA) is 20.2 Å². The number of fused-ring (bicyclic) bond motifs is 1. The summed E-state index contributed by atoms with van der Waals surface area (Å²) >= 11 is 0. The van der Waals surface area contributed by atoms with Crippen molar-refractivity contribution in [3.05, 3.63) is 12.2 Å². The predicted molar refractivity (Wildman–Crippen MR) is 68.1 cm³/mol. The third kappa shape index (κ3) is 2.07. The van der Waals surface area contributed by atoms with E-state index in [4.69, 9.17) is 0 Å². The van der Waals surface area contributed by atoms with Crippen LogP contribution in [0.2, 0.25) is 0 Å². The van der Waals surface area contributed by atoms with Gasteiger partial charge in [0.25, 0.3) is 0 Å². The van der Waals surface area contributed by atoms with Crippen LogP contribution in [0.3, 0.4) is 0 Å². The molecule has 1 nitrogen and oxygen atoms in total. The monoisotopic (exact) mass is 222 g/mol. The first kappa shape index (κ1) is 12.2. The average Bonchev–Trinajstić information content (AvgIpc) is 2.24. The van der Waals surface area contributed by atoms with Gasteiger partial charge in [0, 0.05) is 0 Å². The molecule has 0 radical (unpaired) electrons. The number of hydrogen-bond donors (Lipinski definition) is 1. The highest BCUT2D eigenvalue weighted by Gasteiger charge is 2.49. The molecule has 16 heavy (non-hydrogen) atoms. The summed E-state index contributed by atoms with van der Waals surface area (Å²) < 4.78 is 0. The van der Waals surface area contributed by atoms with E-state index in [1.165, 1.54) is 6.42 Å². The molecule has 5 atom stereocenters. The molecule has 2 aliphatic carbocycles. The highest BCUT2D eigenvalue weighted by molar-refractivity contribution is 5.05. The Bertz CT molecular complexity index is 279. The van der Waals surface area contributed by atoms with Crippen LogP contribution in [0.25, 0.3) is 0 Å². The molecule has 1 fully saturated rings. The Labute approximate surface area is 99.9 Å².